The Morgan fingerprint density at radius 3 is 2.13 bits per heavy atom. The zero-order valence-corrected chi connectivity index (χ0v) is 53.9. The molecule has 3 heterocycles. The van der Waals surface area contributed by atoms with Crippen LogP contribution in [0.2, 0.25) is 0 Å². The van der Waals surface area contributed by atoms with E-state index in [1.807, 2.05) is 94.4 Å². The number of amides is 11. The van der Waals surface area contributed by atoms with Gasteiger partial charge in [-0.25, -0.2) is 9.78 Å². The van der Waals surface area contributed by atoms with Gasteiger partial charge in [-0.2, -0.15) is 0 Å². The summed E-state index contributed by atoms with van der Waals surface area (Å²) in [5, 5.41) is 19.3. The third kappa shape index (κ3) is 22.4. The van der Waals surface area contributed by atoms with Crippen molar-refractivity contribution in [1.29, 1.82) is 0 Å². The van der Waals surface area contributed by atoms with E-state index in [4.69, 9.17) is 15.2 Å². The van der Waals surface area contributed by atoms with Gasteiger partial charge < -0.3 is 56.9 Å². The van der Waals surface area contributed by atoms with E-state index in [1.165, 1.54) is 30.6 Å². The van der Waals surface area contributed by atoms with Crippen molar-refractivity contribution in [2.24, 2.45) is 23.5 Å². The Bertz CT molecular complexity index is 2820. The Kier molecular flexibility index (Phi) is 29.8. The van der Waals surface area contributed by atoms with Gasteiger partial charge in [-0.05, 0) is 93.5 Å². The normalized spacial score (nSPS) is 16.6. The maximum absolute atomic E-state index is 14.5. The second-order valence-electron chi connectivity index (χ2n) is 23.4. The number of likely N-dealkylation sites (N-methyl/N-ethyl adjacent to an activating group) is 2. The molecule has 9 atom stereocenters. The van der Waals surface area contributed by atoms with Crippen LogP contribution in [0.5, 0.6) is 0 Å². The summed E-state index contributed by atoms with van der Waals surface area (Å²) in [4.78, 5) is 141. The van der Waals surface area contributed by atoms with E-state index < -0.39 is 54.1 Å². The summed E-state index contributed by atoms with van der Waals surface area (Å²) in [7, 11) is 6.63. The zero-order valence-electron chi connectivity index (χ0n) is 53.1. The SMILES string of the molecule is CC[C@H](C)C([C@@H](CC(=O)N1CCC[C@H]1[C@H](OC)[C@@H](C)C(=O)N[C@@H](Cc1ccccc1)c1nccs1)OC)N(C)C(=O)CNC(=O)C(C(C)C)N(C)CCc1ccc(NC(=O)[C@H](CCCNC(N)=O)NC(=O)CNC(=O)CCCCCN2C(=O)C=CC2=O)cc1. The van der Waals surface area contributed by atoms with Gasteiger partial charge in [0.25, 0.3) is 11.8 Å². The minimum Gasteiger partial charge on any atom is -0.379 e. The van der Waals surface area contributed by atoms with Crippen molar-refractivity contribution in [3.8, 4) is 0 Å². The van der Waals surface area contributed by atoms with E-state index in [1.54, 1.807) is 42.3 Å². The van der Waals surface area contributed by atoms with Crippen LogP contribution in [0.25, 0.3) is 0 Å². The zero-order chi connectivity index (χ0) is 65.2. The van der Waals surface area contributed by atoms with E-state index in [2.05, 4.69) is 36.9 Å². The molecule has 2 aliphatic heterocycles. The van der Waals surface area contributed by atoms with Crippen LogP contribution in [-0.4, -0.2) is 188 Å². The van der Waals surface area contributed by atoms with Crippen LogP contribution in [0.3, 0.4) is 0 Å². The number of rotatable bonds is 38. The highest BCUT2D eigenvalue weighted by Crippen LogP contribution is 2.31. The number of anilines is 1. The summed E-state index contributed by atoms with van der Waals surface area (Å²) >= 11 is 1.48. The molecule has 2 unspecified atom stereocenters. The van der Waals surface area contributed by atoms with Crippen LogP contribution in [0, 0.1) is 17.8 Å². The number of unbranched alkanes of at least 4 members (excludes halogenated alkanes) is 2. The van der Waals surface area contributed by atoms with Crippen LogP contribution in [0.15, 0.2) is 78.3 Å². The molecule has 5 rings (SSSR count). The molecule has 488 valence electrons. The summed E-state index contributed by atoms with van der Waals surface area (Å²) in [6, 6.07) is 13.5. The van der Waals surface area contributed by atoms with Crippen molar-refractivity contribution < 1.29 is 57.4 Å². The first-order chi connectivity index (χ1) is 42.6. The van der Waals surface area contributed by atoms with Crippen molar-refractivity contribution in [1.82, 2.24) is 51.2 Å². The monoisotopic (exact) mass is 1250 g/mol. The lowest BCUT2D eigenvalue weighted by Gasteiger charge is -2.39. The lowest BCUT2D eigenvalue weighted by Crippen LogP contribution is -2.55. The Morgan fingerprint density at radius 1 is 0.798 bits per heavy atom. The molecule has 3 aromatic rings. The number of aromatic nitrogens is 1. The number of primary amides is 1. The molecule has 1 saturated heterocycles. The van der Waals surface area contributed by atoms with Crippen LogP contribution in [0.1, 0.15) is 121 Å². The van der Waals surface area contributed by atoms with Crippen molar-refractivity contribution in [2.45, 2.75) is 154 Å². The van der Waals surface area contributed by atoms with Crippen LogP contribution in [0.4, 0.5) is 10.5 Å². The molecule has 0 radical (unpaired) electrons. The largest absolute Gasteiger partial charge is 0.379 e. The lowest BCUT2D eigenvalue weighted by molar-refractivity contribution is -0.146. The molecule has 2 aromatic carbocycles. The van der Waals surface area contributed by atoms with E-state index in [0.717, 1.165) is 27.5 Å². The quantitative estimate of drug-likeness (QED) is 0.0312. The number of thiazole rings is 1. The maximum atomic E-state index is 14.5. The number of carbonyl (C=O) groups excluding carboxylic acids is 10. The Morgan fingerprint density at radius 2 is 1.51 bits per heavy atom. The van der Waals surface area contributed by atoms with Crippen molar-refractivity contribution in [2.75, 3.05) is 72.9 Å². The molecule has 0 bridgehead atoms. The van der Waals surface area contributed by atoms with E-state index in [0.29, 0.717) is 70.1 Å². The standard InChI is InChI=1S/C64H94N12O12S/c1-10-42(4)58(50(87-8)38-55(81)75-34-18-22-49(75)59(88-9)43(5)60(83)72-48(63-66-32-36-89-63)37-45-19-13-11-14-20-45)74(7)56(82)40-69-62(85)57(41(2)3)73(6)35-30-44-24-26-46(27-25-44)70-61(84)47(21-17-31-67-64(65)86)71-52(78)39-68-51(77)23-15-12-16-33-76-53(79)28-29-54(76)80/h11,13-14,19-20,24-29,32,36,41-43,47-50,57-59H,10,12,15-18,21-23,30-31,33-35,37-40H2,1-9H3,(H,68,77)(H,69,85)(H,70,84)(H,71,78)(H,72,83)(H3,65,67,86)/t42-,43+,47-,48-,49-,50+,57?,58?,59+/m0/s1. The second-order valence-corrected chi connectivity index (χ2v) is 24.3. The van der Waals surface area contributed by atoms with Gasteiger partial charge in [0.1, 0.15) is 11.0 Å². The number of hydrogen-bond acceptors (Lipinski definition) is 15. The van der Waals surface area contributed by atoms with Crippen molar-refractivity contribution in [3.63, 3.8) is 0 Å². The highest BCUT2D eigenvalue weighted by molar-refractivity contribution is 7.09. The number of nitrogens with zero attached hydrogens (tertiary/aromatic N) is 5. The van der Waals surface area contributed by atoms with Crippen molar-refractivity contribution in [3.05, 3.63) is 94.5 Å². The number of nitrogens with one attached hydrogen (secondary N) is 6. The van der Waals surface area contributed by atoms with Crippen molar-refractivity contribution >= 4 is 76.2 Å². The minimum absolute atomic E-state index is 0.0208. The molecule has 25 heteroatoms. The number of urea groups is 1. The average Bonchev–Trinajstić information content (AvgIpc) is 3.98. The number of carbonyl (C=O) groups is 10. The Labute approximate surface area is 527 Å². The van der Waals surface area contributed by atoms with Gasteiger partial charge in [-0.15, -0.1) is 11.3 Å². The smallest absolute Gasteiger partial charge is 0.312 e. The first kappa shape index (κ1) is 72.1. The molecule has 2 aliphatic rings. The number of likely N-dealkylation sites (tertiary alicyclic amines) is 1. The number of nitrogens with two attached hydrogens (primary N) is 1. The van der Waals surface area contributed by atoms with Gasteiger partial charge in [0.15, 0.2) is 0 Å². The van der Waals surface area contributed by atoms with Gasteiger partial charge in [-0.1, -0.05) is 89.9 Å². The van der Waals surface area contributed by atoms with Gasteiger partial charge in [-0.3, -0.25) is 53.0 Å². The molecular formula is C64H94N12O12S. The third-order valence-electron chi connectivity index (χ3n) is 16.7. The van der Waals surface area contributed by atoms with Crippen LogP contribution >= 0.6 is 11.3 Å². The van der Waals surface area contributed by atoms with Crippen LogP contribution in [-0.2, 0) is 65.5 Å². The fourth-order valence-corrected chi connectivity index (χ4v) is 12.3. The third-order valence-corrected chi connectivity index (χ3v) is 17.6. The first-order valence-electron chi connectivity index (χ1n) is 30.9. The predicted molar refractivity (Wildman–Crippen MR) is 338 cm³/mol. The number of ether oxygens (including phenoxy) is 2. The molecule has 1 aromatic heterocycles. The molecule has 0 aliphatic carbocycles. The second kappa shape index (κ2) is 36.8. The number of hydrogen-bond donors (Lipinski definition) is 7. The van der Waals surface area contributed by atoms with E-state index >= 15 is 0 Å². The highest BCUT2D eigenvalue weighted by Gasteiger charge is 2.43. The van der Waals surface area contributed by atoms with Gasteiger partial charge >= 0.3 is 6.03 Å². The first-order valence-corrected chi connectivity index (χ1v) is 31.8. The Hall–Kier alpha value is -7.61. The topological polar surface area (TPSA) is 313 Å². The summed E-state index contributed by atoms with van der Waals surface area (Å²) in [5.41, 5.74) is 7.64. The minimum atomic E-state index is -1.02. The van der Waals surface area contributed by atoms with Gasteiger partial charge in [0.2, 0.25) is 41.4 Å². The molecule has 89 heavy (non-hydrogen) atoms. The summed E-state index contributed by atoms with van der Waals surface area (Å²) in [6.07, 6.45) is 8.18. The van der Waals surface area contributed by atoms with Gasteiger partial charge in [0, 0.05) is 83.3 Å². The fraction of sp³-hybridized carbons (Fsp3) is 0.578. The Balaban J connectivity index is 1.11. The maximum Gasteiger partial charge on any atom is 0.312 e. The highest BCUT2D eigenvalue weighted by atomic mass is 32.1. The van der Waals surface area contributed by atoms with Crippen LogP contribution < -0.4 is 37.6 Å². The molecule has 11 amide bonds. The lowest BCUT2D eigenvalue weighted by atomic mass is 9.90. The van der Waals surface area contributed by atoms with E-state index in [9.17, 15) is 47.9 Å². The number of benzene rings is 2. The number of methoxy groups -OCH3 is 2. The summed E-state index contributed by atoms with van der Waals surface area (Å²) in [5.74, 6) is -4.08. The van der Waals surface area contributed by atoms with E-state index in [-0.39, 0.29) is 111 Å². The molecule has 8 N–H and O–H groups in total. The van der Waals surface area contributed by atoms with Gasteiger partial charge in [0.05, 0.1) is 61.8 Å². The molecule has 1 fully saturated rings. The molecule has 0 spiro atoms. The predicted octanol–water partition coefficient (Wildman–Crippen LogP) is 4.25. The summed E-state index contributed by atoms with van der Waals surface area (Å²) < 4.78 is 12.1. The molecule has 0 saturated carbocycles. The molecule has 24 nitrogen and oxygen atoms in total. The molecular weight excluding hydrogens is 1160 g/mol. The summed E-state index contributed by atoms with van der Waals surface area (Å²) in [6.45, 7) is 10.4. The fourth-order valence-electron chi connectivity index (χ4n) is 11.6. The number of imide groups is 1. The average molecular weight is 1260 g/mol.